The molecule has 8 nitrogen and oxygen atoms in total. The number of carbonyl (C=O) groups excluding carboxylic acids is 2. The van der Waals surface area contributed by atoms with Crippen LogP contribution >= 0.6 is 0 Å². The van der Waals surface area contributed by atoms with Gasteiger partial charge in [-0.1, -0.05) is 108 Å². The SMILES string of the molecule is COc1ccc([C@H]([C@H](Cc2ccccc2)OC(C)=O)N2C[C@@H](CC(=O)N(C)C)[C@@H]3C(=NO[C@H]3c3ccccc3)[C@@H]2Cc2ccccc2)cc1. The smallest absolute Gasteiger partial charge is 0.302 e. The molecule has 0 aromatic heterocycles. The lowest BCUT2D eigenvalue weighted by Gasteiger charge is -2.49. The van der Waals surface area contributed by atoms with Crippen LogP contribution < -0.4 is 4.74 Å². The maximum atomic E-state index is 13.5. The second-order valence-electron chi connectivity index (χ2n) is 13.2. The average Bonchev–Trinajstić information content (AvgIpc) is 3.57. The predicted molar refractivity (Wildman–Crippen MR) is 190 cm³/mol. The number of esters is 1. The molecule has 1 saturated heterocycles. The van der Waals surface area contributed by atoms with Gasteiger partial charge in [0.1, 0.15) is 11.9 Å². The lowest BCUT2D eigenvalue weighted by molar-refractivity contribution is -0.151. The van der Waals surface area contributed by atoms with Crippen molar-refractivity contribution in [2.45, 2.75) is 50.5 Å². The molecule has 0 aliphatic carbocycles. The summed E-state index contributed by atoms with van der Waals surface area (Å²) in [6.07, 6.45) is 0.641. The topological polar surface area (TPSA) is 80.7 Å². The number of rotatable bonds is 12. The van der Waals surface area contributed by atoms with Crippen molar-refractivity contribution in [3.8, 4) is 5.75 Å². The Morgan fingerprint density at radius 2 is 1.49 bits per heavy atom. The van der Waals surface area contributed by atoms with E-state index in [0.29, 0.717) is 25.8 Å². The Labute approximate surface area is 289 Å². The lowest BCUT2D eigenvalue weighted by Crippen LogP contribution is -2.58. The fourth-order valence-corrected chi connectivity index (χ4v) is 7.43. The highest BCUT2D eigenvalue weighted by atomic mass is 16.6. The zero-order valence-corrected chi connectivity index (χ0v) is 28.6. The first-order chi connectivity index (χ1) is 23.8. The average molecular weight is 660 g/mol. The Morgan fingerprint density at radius 1 is 0.878 bits per heavy atom. The van der Waals surface area contributed by atoms with Crippen LogP contribution in [0.1, 0.15) is 47.7 Å². The van der Waals surface area contributed by atoms with Crippen LogP contribution in [-0.4, -0.2) is 67.3 Å². The number of fused-ring (bicyclic) bond motifs is 1. The molecule has 2 aliphatic heterocycles. The van der Waals surface area contributed by atoms with Gasteiger partial charge in [0.2, 0.25) is 5.91 Å². The molecule has 0 N–H and O–H groups in total. The molecule has 1 amide bonds. The first kappa shape index (κ1) is 33.9. The minimum absolute atomic E-state index is 0.0475. The zero-order chi connectivity index (χ0) is 34.3. The van der Waals surface area contributed by atoms with Crippen molar-refractivity contribution in [2.75, 3.05) is 27.7 Å². The van der Waals surface area contributed by atoms with E-state index in [2.05, 4.69) is 65.6 Å². The standard InChI is InChI=1S/C41H45N3O5/c1-28(45)48-36(25-30-16-10-6-11-17-30)40(31-20-22-34(47-4)23-21-31)44-27-33(26-37(46)43(2)3)38-39(35(44)24-29-14-8-5-9-15-29)42-49-41(38)32-18-12-7-13-19-32/h5-23,33,35-36,38,40-41H,24-27H2,1-4H3/t33-,35+,36+,38-,40-,41+/m1/s1. The lowest BCUT2D eigenvalue weighted by atomic mass is 9.72. The highest BCUT2D eigenvalue weighted by Crippen LogP contribution is 2.47. The van der Waals surface area contributed by atoms with E-state index in [0.717, 1.165) is 33.7 Å². The highest BCUT2D eigenvalue weighted by Gasteiger charge is 2.52. The van der Waals surface area contributed by atoms with Gasteiger partial charge >= 0.3 is 5.97 Å². The summed E-state index contributed by atoms with van der Waals surface area (Å²) in [6, 6.07) is 38.1. The molecule has 6 atom stereocenters. The molecule has 0 saturated carbocycles. The van der Waals surface area contributed by atoms with E-state index >= 15 is 0 Å². The monoisotopic (exact) mass is 659 g/mol. The first-order valence-electron chi connectivity index (χ1n) is 17.0. The van der Waals surface area contributed by atoms with Crippen molar-refractivity contribution in [1.82, 2.24) is 9.80 Å². The quantitative estimate of drug-likeness (QED) is 0.158. The summed E-state index contributed by atoms with van der Waals surface area (Å²) >= 11 is 0. The number of benzene rings is 4. The molecule has 6 rings (SSSR count). The van der Waals surface area contributed by atoms with Crippen LogP contribution in [-0.2, 0) is 32.0 Å². The van der Waals surface area contributed by atoms with Crippen molar-refractivity contribution in [2.24, 2.45) is 17.0 Å². The van der Waals surface area contributed by atoms with Crippen LogP contribution in [0.2, 0.25) is 0 Å². The Kier molecular flexibility index (Phi) is 10.7. The third-order valence-electron chi connectivity index (χ3n) is 9.73. The molecule has 0 radical (unpaired) electrons. The maximum Gasteiger partial charge on any atom is 0.302 e. The number of piperidine rings is 1. The molecule has 49 heavy (non-hydrogen) atoms. The fraction of sp³-hybridized carbons (Fsp3) is 0.341. The number of nitrogens with zero attached hydrogens (tertiary/aromatic N) is 3. The fourth-order valence-electron chi connectivity index (χ4n) is 7.43. The van der Waals surface area contributed by atoms with Crippen molar-refractivity contribution in [3.05, 3.63) is 138 Å². The summed E-state index contributed by atoms with van der Waals surface area (Å²) in [6.45, 7) is 2.03. The maximum absolute atomic E-state index is 13.5. The first-order valence-corrected chi connectivity index (χ1v) is 17.0. The Balaban J connectivity index is 1.51. The molecular formula is C41H45N3O5. The van der Waals surface area contributed by atoms with Gasteiger partial charge in [0.05, 0.1) is 30.8 Å². The van der Waals surface area contributed by atoms with Gasteiger partial charge in [-0.25, -0.2) is 0 Å². The van der Waals surface area contributed by atoms with E-state index in [9.17, 15) is 9.59 Å². The minimum atomic E-state index is -0.541. The number of ether oxygens (including phenoxy) is 2. The van der Waals surface area contributed by atoms with Gasteiger partial charge in [-0.15, -0.1) is 0 Å². The largest absolute Gasteiger partial charge is 0.497 e. The van der Waals surface area contributed by atoms with Crippen LogP contribution in [0.25, 0.3) is 0 Å². The van der Waals surface area contributed by atoms with Crippen LogP contribution in [0.5, 0.6) is 5.75 Å². The Morgan fingerprint density at radius 3 is 2.08 bits per heavy atom. The number of hydrogen-bond acceptors (Lipinski definition) is 7. The van der Waals surface area contributed by atoms with E-state index in [1.54, 1.807) is 26.1 Å². The molecule has 8 heteroatoms. The summed E-state index contributed by atoms with van der Waals surface area (Å²) in [4.78, 5) is 36.8. The Hall–Kier alpha value is -4.95. The summed E-state index contributed by atoms with van der Waals surface area (Å²) in [5.41, 5.74) is 5.16. The number of carbonyl (C=O) groups is 2. The van der Waals surface area contributed by atoms with Gasteiger partial charge in [-0.3, -0.25) is 14.5 Å². The predicted octanol–water partition coefficient (Wildman–Crippen LogP) is 6.68. The summed E-state index contributed by atoms with van der Waals surface area (Å²) in [7, 11) is 5.25. The second-order valence-corrected chi connectivity index (χ2v) is 13.2. The van der Waals surface area contributed by atoms with Crippen LogP contribution in [0.15, 0.2) is 120 Å². The summed E-state index contributed by atoms with van der Waals surface area (Å²) in [5, 5.41) is 4.88. The molecule has 4 aromatic rings. The molecule has 2 heterocycles. The molecule has 254 valence electrons. The molecular weight excluding hydrogens is 614 g/mol. The van der Waals surface area contributed by atoms with Crippen LogP contribution in [0, 0.1) is 11.8 Å². The van der Waals surface area contributed by atoms with Gasteiger partial charge in [0.25, 0.3) is 0 Å². The third-order valence-corrected chi connectivity index (χ3v) is 9.73. The van der Waals surface area contributed by atoms with Crippen molar-refractivity contribution in [3.63, 3.8) is 0 Å². The molecule has 0 unspecified atom stereocenters. The zero-order valence-electron chi connectivity index (χ0n) is 28.6. The van der Waals surface area contributed by atoms with Crippen LogP contribution in [0.3, 0.4) is 0 Å². The van der Waals surface area contributed by atoms with Gasteiger partial charge in [-0.2, -0.15) is 0 Å². The minimum Gasteiger partial charge on any atom is -0.497 e. The van der Waals surface area contributed by atoms with Gasteiger partial charge in [0, 0.05) is 40.4 Å². The number of oxime groups is 1. The van der Waals surface area contributed by atoms with E-state index in [4.69, 9.17) is 19.5 Å². The van der Waals surface area contributed by atoms with Crippen molar-refractivity contribution < 1.29 is 23.9 Å². The normalized spacial score (nSPS) is 21.4. The van der Waals surface area contributed by atoms with E-state index in [1.807, 2.05) is 54.6 Å². The molecule has 0 bridgehead atoms. The van der Waals surface area contributed by atoms with E-state index < -0.39 is 6.10 Å². The summed E-state index contributed by atoms with van der Waals surface area (Å²) < 4.78 is 11.8. The second kappa shape index (κ2) is 15.5. The Bertz CT molecular complexity index is 1710. The third kappa shape index (κ3) is 7.86. The molecule has 2 aliphatic rings. The van der Waals surface area contributed by atoms with Gasteiger partial charge in [-0.05, 0) is 46.7 Å². The molecule has 1 fully saturated rings. The van der Waals surface area contributed by atoms with Crippen molar-refractivity contribution in [1.29, 1.82) is 0 Å². The van der Waals surface area contributed by atoms with E-state index in [-0.39, 0.29) is 41.9 Å². The summed E-state index contributed by atoms with van der Waals surface area (Å²) in [5.74, 6) is 0.200. The number of likely N-dealkylation sites (tertiary alicyclic amines) is 1. The number of hydrogen-bond donors (Lipinski definition) is 0. The van der Waals surface area contributed by atoms with Gasteiger partial charge < -0.3 is 19.2 Å². The highest BCUT2D eigenvalue weighted by molar-refractivity contribution is 5.95. The van der Waals surface area contributed by atoms with Crippen molar-refractivity contribution >= 4 is 17.6 Å². The number of amides is 1. The molecule has 4 aromatic carbocycles. The van der Waals surface area contributed by atoms with Gasteiger partial charge in [0.15, 0.2) is 6.10 Å². The number of methoxy groups -OCH3 is 1. The van der Waals surface area contributed by atoms with E-state index in [1.165, 1.54) is 6.92 Å². The molecule has 0 spiro atoms. The van der Waals surface area contributed by atoms with Crippen LogP contribution in [0.4, 0.5) is 0 Å².